The monoisotopic (exact) mass is 414 g/mol. The third-order valence-electron chi connectivity index (χ3n) is 6.33. The predicted octanol–water partition coefficient (Wildman–Crippen LogP) is 2.22. The van der Waals surface area contributed by atoms with Crippen LogP contribution in [0.15, 0.2) is 6.20 Å². The minimum atomic E-state index is 0.0998. The van der Waals surface area contributed by atoms with Crippen molar-refractivity contribution in [2.24, 2.45) is 5.92 Å². The molecule has 2 saturated heterocycles. The van der Waals surface area contributed by atoms with Crippen LogP contribution >= 0.6 is 0 Å². The van der Waals surface area contributed by atoms with Gasteiger partial charge in [-0.25, -0.2) is 9.67 Å². The minimum absolute atomic E-state index is 0.0998. The summed E-state index contributed by atoms with van der Waals surface area (Å²) in [5, 5.41) is 15.9. The molecule has 1 amide bonds. The average Bonchev–Trinajstić information content (AvgIpc) is 3.22. The van der Waals surface area contributed by atoms with E-state index in [-0.39, 0.29) is 11.8 Å². The predicted molar refractivity (Wildman–Crippen MR) is 117 cm³/mol. The second kappa shape index (κ2) is 9.75. The van der Waals surface area contributed by atoms with Crippen LogP contribution in [0.3, 0.4) is 0 Å². The van der Waals surface area contributed by atoms with Crippen LogP contribution < -0.4 is 16.0 Å². The molecule has 2 aliphatic rings. The maximum absolute atomic E-state index is 12.8. The van der Waals surface area contributed by atoms with Gasteiger partial charge in [0.25, 0.3) is 0 Å². The number of aromatic nitrogens is 3. The minimum Gasteiger partial charge on any atom is -0.381 e. The van der Waals surface area contributed by atoms with Crippen LogP contribution in [0.5, 0.6) is 0 Å². The van der Waals surface area contributed by atoms with Gasteiger partial charge in [-0.2, -0.15) is 5.10 Å². The fourth-order valence-corrected chi connectivity index (χ4v) is 4.50. The van der Waals surface area contributed by atoms with Crippen molar-refractivity contribution >= 4 is 22.6 Å². The summed E-state index contributed by atoms with van der Waals surface area (Å²) in [6.07, 6.45) is 6.49. The third-order valence-corrected chi connectivity index (χ3v) is 6.33. The second-order valence-electron chi connectivity index (χ2n) is 8.24. The number of fused-ring (bicyclic) bond motifs is 1. The molecule has 0 radical (unpaired) electrons. The van der Waals surface area contributed by atoms with E-state index >= 15 is 0 Å². The second-order valence-corrected chi connectivity index (χ2v) is 8.24. The molecule has 3 N–H and O–H groups in total. The van der Waals surface area contributed by atoms with Gasteiger partial charge in [-0.15, -0.1) is 0 Å². The Hall–Kier alpha value is -2.19. The number of rotatable bonds is 7. The van der Waals surface area contributed by atoms with E-state index in [9.17, 15) is 4.79 Å². The van der Waals surface area contributed by atoms with E-state index in [1.807, 2.05) is 10.9 Å². The molecule has 0 bridgehead atoms. The quantitative estimate of drug-likeness (QED) is 0.643. The molecule has 2 aliphatic heterocycles. The molecular formula is C22H34N6O2. The lowest BCUT2D eigenvalue weighted by Gasteiger charge is -2.27. The molecular weight excluding hydrogens is 380 g/mol. The highest BCUT2D eigenvalue weighted by Gasteiger charge is 2.24. The number of carbonyl (C=O) groups is 1. The van der Waals surface area contributed by atoms with Crippen LogP contribution in [-0.2, 0) is 29.0 Å². The Morgan fingerprint density at radius 1 is 1.23 bits per heavy atom. The van der Waals surface area contributed by atoms with Gasteiger partial charge < -0.3 is 20.7 Å². The summed E-state index contributed by atoms with van der Waals surface area (Å²) in [5.74, 6) is 0.252. The summed E-state index contributed by atoms with van der Waals surface area (Å²) in [6.45, 7) is 8.87. The molecule has 4 rings (SSSR count). The van der Waals surface area contributed by atoms with Crippen LogP contribution in [0.4, 0.5) is 5.69 Å². The van der Waals surface area contributed by atoms with Crippen molar-refractivity contribution in [3.05, 3.63) is 17.5 Å². The normalized spacial score (nSPS) is 18.6. The van der Waals surface area contributed by atoms with Gasteiger partial charge >= 0.3 is 0 Å². The molecule has 2 fully saturated rings. The van der Waals surface area contributed by atoms with Crippen molar-refractivity contribution in [1.29, 1.82) is 0 Å². The van der Waals surface area contributed by atoms with Crippen molar-refractivity contribution in [2.75, 3.05) is 31.6 Å². The molecule has 8 heteroatoms. The molecule has 8 nitrogen and oxygen atoms in total. The van der Waals surface area contributed by atoms with Gasteiger partial charge in [0.15, 0.2) is 5.65 Å². The zero-order chi connectivity index (χ0) is 20.9. The molecule has 164 valence electrons. The molecule has 0 aliphatic carbocycles. The summed E-state index contributed by atoms with van der Waals surface area (Å²) in [7, 11) is 0. The zero-order valence-electron chi connectivity index (χ0n) is 18.2. The highest BCUT2D eigenvalue weighted by molar-refractivity contribution is 5.92. The number of anilines is 1. The van der Waals surface area contributed by atoms with Gasteiger partial charge in [0, 0.05) is 49.5 Å². The summed E-state index contributed by atoms with van der Waals surface area (Å²) in [5.41, 5.74) is 4.11. The maximum atomic E-state index is 12.8. The number of hydrogen-bond donors (Lipinski definition) is 3. The number of pyridine rings is 1. The van der Waals surface area contributed by atoms with Crippen molar-refractivity contribution in [1.82, 2.24) is 25.4 Å². The highest BCUT2D eigenvalue weighted by atomic mass is 16.5. The van der Waals surface area contributed by atoms with Gasteiger partial charge in [0.2, 0.25) is 5.91 Å². The molecule has 0 aromatic carbocycles. The topological polar surface area (TPSA) is 93.1 Å². The van der Waals surface area contributed by atoms with E-state index in [0.29, 0.717) is 12.6 Å². The Labute approximate surface area is 178 Å². The van der Waals surface area contributed by atoms with E-state index in [1.54, 1.807) is 0 Å². The standard InChI is InChI=1S/C22H34N6O2/c1-3-19-17(13-24-22(29)15-5-9-23-10-6-15)20(26-16-7-11-30-12-8-16)18-14-25-28(4-2)21(18)27-19/h14-16,23H,3-13H2,1-2H3,(H,24,29)(H,26,27). The molecule has 2 aromatic heterocycles. The molecule has 4 heterocycles. The van der Waals surface area contributed by atoms with E-state index < -0.39 is 0 Å². The first-order chi connectivity index (χ1) is 14.7. The number of carbonyl (C=O) groups excluding carboxylic acids is 1. The molecule has 0 spiro atoms. The summed E-state index contributed by atoms with van der Waals surface area (Å²) < 4.78 is 7.48. The highest BCUT2D eigenvalue weighted by Crippen LogP contribution is 2.31. The Balaban J connectivity index is 1.64. The molecule has 0 unspecified atom stereocenters. The lowest BCUT2D eigenvalue weighted by atomic mass is 9.97. The summed E-state index contributed by atoms with van der Waals surface area (Å²) >= 11 is 0. The number of piperidine rings is 1. The van der Waals surface area contributed by atoms with Crippen LogP contribution in [0.25, 0.3) is 11.0 Å². The number of amides is 1. The lowest BCUT2D eigenvalue weighted by Crippen LogP contribution is -2.38. The van der Waals surface area contributed by atoms with E-state index in [2.05, 4.69) is 34.9 Å². The van der Waals surface area contributed by atoms with Gasteiger partial charge in [0.1, 0.15) is 0 Å². The Bertz CT molecular complexity index is 868. The Morgan fingerprint density at radius 3 is 2.70 bits per heavy atom. The maximum Gasteiger partial charge on any atom is 0.223 e. The molecule has 0 atom stereocenters. The van der Waals surface area contributed by atoms with Crippen molar-refractivity contribution in [3.63, 3.8) is 0 Å². The first-order valence-corrected chi connectivity index (χ1v) is 11.4. The molecule has 30 heavy (non-hydrogen) atoms. The number of ether oxygens (including phenoxy) is 1. The van der Waals surface area contributed by atoms with Gasteiger partial charge in [-0.05, 0) is 52.1 Å². The average molecular weight is 415 g/mol. The largest absolute Gasteiger partial charge is 0.381 e. The lowest BCUT2D eigenvalue weighted by molar-refractivity contribution is -0.125. The summed E-state index contributed by atoms with van der Waals surface area (Å²) in [4.78, 5) is 17.7. The smallest absolute Gasteiger partial charge is 0.223 e. The van der Waals surface area contributed by atoms with Crippen LogP contribution in [-0.4, -0.2) is 53.0 Å². The van der Waals surface area contributed by atoms with Gasteiger partial charge in [-0.1, -0.05) is 6.92 Å². The molecule has 2 aromatic rings. The first-order valence-electron chi connectivity index (χ1n) is 11.4. The number of nitrogens with one attached hydrogen (secondary N) is 3. The Kier molecular flexibility index (Phi) is 6.84. The van der Waals surface area contributed by atoms with E-state index in [4.69, 9.17) is 9.72 Å². The first kappa shape index (κ1) is 21.1. The number of nitrogens with zero attached hydrogens (tertiary/aromatic N) is 3. The fourth-order valence-electron chi connectivity index (χ4n) is 4.50. The zero-order valence-corrected chi connectivity index (χ0v) is 18.2. The van der Waals surface area contributed by atoms with Crippen LogP contribution in [0.2, 0.25) is 0 Å². The SMILES string of the molecule is CCc1nc2c(cnn2CC)c(NC2CCOCC2)c1CNC(=O)C1CCNCC1. The third kappa shape index (κ3) is 4.44. The molecule has 0 saturated carbocycles. The number of hydrogen-bond acceptors (Lipinski definition) is 6. The van der Waals surface area contributed by atoms with E-state index in [0.717, 1.165) is 92.9 Å². The van der Waals surface area contributed by atoms with Crippen LogP contribution in [0.1, 0.15) is 50.8 Å². The van der Waals surface area contributed by atoms with Crippen molar-refractivity contribution in [3.8, 4) is 0 Å². The van der Waals surface area contributed by atoms with Crippen molar-refractivity contribution in [2.45, 2.75) is 65.1 Å². The number of aryl methyl sites for hydroxylation is 2. The van der Waals surface area contributed by atoms with Gasteiger partial charge in [-0.3, -0.25) is 4.79 Å². The Morgan fingerprint density at radius 2 is 2.00 bits per heavy atom. The van der Waals surface area contributed by atoms with E-state index in [1.165, 1.54) is 0 Å². The fraction of sp³-hybridized carbons (Fsp3) is 0.682. The van der Waals surface area contributed by atoms with Crippen molar-refractivity contribution < 1.29 is 9.53 Å². The van der Waals surface area contributed by atoms with Gasteiger partial charge in [0.05, 0.1) is 17.3 Å². The summed E-state index contributed by atoms with van der Waals surface area (Å²) in [6, 6.07) is 0.359. The van der Waals surface area contributed by atoms with Crippen LogP contribution in [0, 0.1) is 5.92 Å².